The summed E-state index contributed by atoms with van der Waals surface area (Å²) >= 11 is 47.4. The first-order chi connectivity index (χ1) is 52.3. The van der Waals surface area contributed by atoms with E-state index in [0.29, 0.717) is 48.7 Å². The van der Waals surface area contributed by atoms with Gasteiger partial charge in [0, 0.05) is 118 Å². The summed E-state index contributed by atoms with van der Waals surface area (Å²) in [5.41, 5.74) is 8.81. The molecule has 23 nitrogen and oxygen atoms in total. The number of carbonyl (C=O) groups excluding carboxylic acids is 3. The number of rotatable bonds is 18. The van der Waals surface area contributed by atoms with Crippen LogP contribution in [0.3, 0.4) is 0 Å². The van der Waals surface area contributed by atoms with E-state index in [1.807, 2.05) is 49.1 Å². The zero-order chi connectivity index (χ0) is 77.4. The molecule has 4 fully saturated rings. The summed E-state index contributed by atoms with van der Waals surface area (Å²) in [5, 5.41) is 16.3. The van der Waals surface area contributed by atoms with E-state index >= 15 is 0 Å². The van der Waals surface area contributed by atoms with Gasteiger partial charge in [0.2, 0.25) is 0 Å². The lowest BCUT2D eigenvalue weighted by molar-refractivity contribution is 0.0973. The first-order valence-corrected chi connectivity index (χ1v) is 42.6. The van der Waals surface area contributed by atoms with Gasteiger partial charge in [-0.3, -0.25) is 19.4 Å². The highest BCUT2D eigenvalue weighted by Crippen LogP contribution is 2.42. The maximum atomic E-state index is 13.6. The lowest BCUT2D eigenvalue weighted by atomic mass is 10.2. The molecule has 17 rings (SSSR count). The highest BCUT2D eigenvalue weighted by molar-refractivity contribution is 9.10. The number of aromatic nitrogens is 15. The zero-order valence-electron chi connectivity index (χ0n) is 60.3. The minimum absolute atomic E-state index is 0.0000640. The Morgan fingerprint density at radius 1 is 0.541 bits per heavy atom. The molecule has 0 aliphatic heterocycles. The number of carbonyl (C=O) groups is 3. The maximum absolute atomic E-state index is 13.6. The highest BCUT2D eigenvalue weighted by atomic mass is 79.9. The Kier molecular flexibility index (Phi) is 26.6. The van der Waals surface area contributed by atoms with E-state index in [4.69, 9.17) is 85.6 Å². The molecule has 0 radical (unpaired) electrons. The van der Waals surface area contributed by atoms with E-state index < -0.39 is 19.5 Å². The fourth-order valence-electron chi connectivity index (χ4n) is 11.7. The molecule has 0 aromatic carbocycles. The van der Waals surface area contributed by atoms with Crippen LogP contribution in [0.15, 0.2) is 144 Å². The van der Waals surface area contributed by atoms with Crippen LogP contribution in [0.25, 0.3) is 50.2 Å². The molecule has 0 atom stereocenters. The summed E-state index contributed by atoms with van der Waals surface area (Å²) < 4.78 is 17.4. The Balaban J connectivity index is 0.000000129. The predicted octanol–water partition coefficient (Wildman–Crippen LogP) is 20.1. The van der Waals surface area contributed by atoms with Gasteiger partial charge in [-0.05, 0) is 180 Å². The lowest BCUT2D eigenvalue weighted by Crippen LogP contribution is -2.43. The number of halogens is 9. The standard InChI is InChI=1S/C23H29Cl2N5O2Si.C17H15Cl2N5O2.C13H17N3.C10H9BrN2.C8H6BrN.C5HCl3N2O/c1-23(2,3)33(4,5)32-11-10-30(22(31)18-19(24)27-14-28-20(18)25)17-12-15-8-9-29(16-6-7-16)21(15)26-13-17;18-14-13(15(19)22-9-21-14)17(26)24(5-6-25)12-7-10-3-4-23(11-1-2-11)16(10)20-8-12;1-2-6-14-11-8-10-5-7-16(12-3-4-12)13(10)15-9-11;11-8-5-7-3-4-13(9-1-2-9)10(7)12-6-8;9-7-4-6-2-1-3-8(6)10-5-7;6-3-2(5(8)11)4(7)10-1-9-3/h8-9,12-14,16H,6-7,10-11H2,1-5H3;3-4,7-9,11,25H,1-2,5-6H2;5,7-9,12,14H,2-4,6H2,1H3;3-6,9H,1-2H2;1-2,4-5H,3H2;1H. The number of aliphatic hydroxyl groups is 1. The molecule has 0 saturated heterocycles. The highest BCUT2D eigenvalue weighted by Gasteiger charge is 2.38. The van der Waals surface area contributed by atoms with E-state index in [-0.39, 0.29) is 71.7 Å². The van der Waals surface area contributed by atoms with Gasteiger partial charge in [0.15, 0.2) is 8.32 Å². The van der Waals surface area contributed by atoms with Crippen molar-refractivity contribution in [1.29, 1.82) is 0 Å². The van der Waals surface area contributed by atoms with Crippen molar-refractivity contribution in [3.63, 3.8) is 0 Å². The second-order valence-electron chi connectivity index (χ2n) is 28.0. The topological polar surface area (TPSA) is 261 Å². The van der Waals surface area contributed by atoms with Gasteiger partial charge >= 0.3 is 0 Å². The van der Waals surface area contributed by atoms with Gasteiger partial charge in [-0.15, -0.1) is 0 Å². The number of hydrogen-bond acceptors (Lipinski definition) is 17. The molecule has 12 aromatic rings. The number of fused-ring (bicyclic) bond motifs is 5. The summed E-state index contributed by atoms with van der Waals surface area (Å²) in [6, 6.07) is 21.0. The molecule has 5 aliphatic rings. The fourth-order valence-corrected chi connectivity index (χ4v) is 15.1. The molecule has 5 aliphatic carbocycles. The molecule has 0 unspecified atom stereocenters. The first-order valence-electron chi connectivity index (χ1n) is 35.4. The molecule has 568 valence electrons. The van der Waals surface area contributed by atoms with Crippen molar-refractivity contribution in [3.05, 3.63) is 203 Å². The molecular formula is C76H77Br2Cl7N18O5Si. The number of allylic oxidation sites excluding steroid dienone is 1. The number of pyridine rings is 5. The summed E-state index contributed by atoms with van der Waals surface area (Å²) in [6.07, 6.45) is 37.2. The van der Waals surface area contributed by atoms with E-state index in [9.17, 15) is 19.5 Å². The molecular weight excluding hydrogens is 1680 g/mol. The second-order valence-corrected chi connectivity index (χ2v) is 37.1. The Labute approximate surface area is 682 Å². The quantitative estimate of drug-likeness (QED) is 0.0459. The van der Waals surface area contributed by atoms with Crippen molar-refractivity contribution in [2.24, 2.45) is 0 Å². The van der Waals surface area contributed by atoms with Crippen molar-refractivity contribution in [2.45, 2.75) is 134 Å². The van der Waals surface area contributed by atoms with Gasteiger partial charge in [-0.25, -0.2) is 49.8 Å². The predicted molar refractivity (Wildman–Crippen MR) is 443 cm³/mol. The van der Waals surface area contributed by atoms with Crippen molar-refractivity contribution < 1.29 is 23.9 Å². The van der Waals surface area contributed by atoms with E-state index in [0.717, 1.165) is 86.5 Å². The number of nitrogens with zero attached hydrogens (tertiary/aromatic N) is 17. The average molecular weight is 1760 g/mol. The fraction of sp³-hybridized carbons (Fsp3) is 0.342. The minimum Gasteiger partial charge on any atom is -0.415 e. The second kappa shape index (κ2) is 35.8. The lowest BCUT2D eigenvalue weighted by Gasteiger charge is -2.36. The average Bonchev–Trinajstić information content (AvgIpc) is 1.70. The van der Waals surface area contributed by atoms with Gasteiger partial charge in [0.25, 0.3) is 17.1 Å². The third kappa shape index (κ3) is 20.0. The van der Waals surface area contributed by atoms with Gasteiger partial charge < -0.3 is 42.9 Å². The molecule has 0 spiro atoms. The smallest absolute Gasteiger partial charge is 0.264 e. The monoisotopic (exact) mass is 1750 g/mol. The van der Waals surface area contributed by atoms with Crippen LogP contribution < -0.4 is 15.1 Å². The Morgan fingerprint density at radius 2 is 0.927 bits per heavy atom. The van der Waals surface area contributed by atoms with E-state index in [1.54, 1.807) is 17.3 Å². The molecule has 12 aromatic heterocycles. The van der Waals surface area contributed by atoms with Crippen LogP contribution in [-0.2, 0) is 10.8 Å². The largest absolute Gasteiger partial charge is 0.415 e. The van der Waals surface area contributed by atoms with Crippen LogP contribution in [-0.4, -0.2) is 136 Å². The number of nitrogens with one attached hydrogen (secondary N) is 1. The summed E-state index contributed by atoms with van der Waals surface area (Å²) in [7, 11) is -1.99. The normalized spacial score (nSPS) is 14.3. The van der Waals surface area contributed by atoms with Crippen LogP contribution in [0.4, 0.5) is 17.1 Å². The Hall–Kier alpha value is -7.57. The molecule has 109 heavy (non-hydrogen) atoms. The molecule has 2 N–H and O–H groups in total. The third-order valence-corrected chi connectivity index (χ3v) is 26.3. The molecule has 33 heteroatoms. The van der Waals surface area contributed by atoms with Crippen molar-refractivity contribution in [2.75, 3.05) is 48.0 Å². The van der Waals surface area contributed by atoms with Crippen LogP contribution in [0, 0.1) is 0 Å². The van der Waals surface area contributed by atoms with Crippen molar-refractivity contribution >= 4 is 206 Å². The molecule has 4 saturated carbocycles. The summed E-state index contributed by atoms with van der Waals surface area (Å²) in [4.78, 5) is 85.1. The molecule has 2 amide bonds. The van der Waals surface area contributed by atoms with Crippen LogP contribution in [0.5, 0.6) is 0 Å². The SMILES string of the molecule is Brc1cnc2c(c1)C=CC2.Brc1cnc2c(ccn2C2CC2)c1.CC(C)(C)[Si](C)(C)OCCN(C(=O)c1c(Cl)ncnc1Cl)c1cnc2c(ccn2C2CC2)c1.CCCNc1cnc2c(ccn2C2CC2)c1.O=C(Cl)c1c(Cl)ncnc1Cl.O=C(c1c(Cl)ncnc1Cl)N(CCO)c1cnc2c(ccn2C2CC2)c1. The van der Waals surface area contributed by atoms with Crippen LogP contribution in [0.1, 0.15) is 152 Å². The van der Waals surface area contributed by atoms with Gasteiger partial charge in [0.1, 0.15) is 89.2 Å². The van der Waals surface area contributed by atoms with Crippen LogP contribution >= 0.6 is 113 Å². The third-order valence-electron chi connectivity index (χ3n) is 19.0. The molecule has 0 bridgehead atoms. The van der Waals surface area contributed by atoms with Crippen molar-refractivity contribution in [3.8, 4) is 0 Å². The number of hydrogen-bond donors (Lipinski definition) is 2. The number of amides is 2. The molecule has 12 heterocycles. The van der Waals surface area contributed by atoms with Crippen LogP contribution in [0.2, 0.25) is 49.1 Å². The summed E-state index contributed by atoms with van der Waals surface area (Å²) in [5.74, 6) is -0.871. The van der Waals surface area contributed by atoms with Crippen molar-refractivity contribution in [1.82, 2.24) is 73.1 Å². The first kappa shape index (κ1) is 80.9. The Bertz CT molecular complexity index is 5270. The van der Waals surface area contributed by atoms with Gasteiger partial charge in [-0.1, -0.05) is 109 Å². The number of aliphatic hydroxyl groups excluding tert-OH is 1. The van der Waals surface area contributed by atoms with E-state index in [2.05, 4.69) is 212 Å². The zero-order valence-corrected chi connectivity index (χ0v) is 69.7. The number of anilines is 3. The minimum atomic E-state index is -1.99. The van der Waals surface area contributed by atoms with Gasteiger partial charge in [0.05, 0.1) is 54.6 Å². The van der Waals surface area contributed by atoms with E-state index in [1.165, 1.54) is 78.1 Å². The summed E-state index contributed by atoms with van der Waals surface area (Å²) in [6.45, 7) is 14.7. The maximum Gasteiger partial charge on any atom is 0.264 e. The Morgan fingerprint density at radius 3 is 1.33 bits per heavy atom. The van der Waals surface area contributed by atoms with Gasteiger partial charge in [-0.2, -0.15) is 0 Å².